The van der Waals surface area contributed by atoms with E-state index in [-0.39, 0.29) is 6.54 Å². The second-order valence-corrected chi connectivity index (χ2v) is 5.45. The summed E-state index contributed by atoms with van der Waals surface area (Å²) in [6, 6.07) is 13.7. The zero-order chi connectivity index (χ0) is 19.2. The Balaban J connectivity index is 2.18. The summed E-state index contributed by atoms with van der Waals surface area (Å²) in [5, 5.41) is 1.05. The summed E-state index contributed by atoms with van der Waals surface area (Å²) in [7, 11) is 0. The molecule has 0 aliphatic carbocycles. The highest BCUT2D eigenvalue weighted by Crippen LogP contribution is 2.29. The van der Waals surface area contributed by atoms with Gasteiger partial charge in [0.15, 0.2) is 0 Å². The molecule has 0 unspecified atom stereocenters. The van der Waals surface area contributed by atoms with Crippen molar-refractivity contribution in [1.82, 2.24) is 5.06 Å². The molecule has 1 atom stereocenters. The van der Waals surface area contributed by atoms with Crippen LogP contribution < -0.4 is 0 Å². The summed E-state index contributed by atoms with van der Waals surface area (Å²) < 4.78 is 38.0. The predicted octanol–water partition coefficient (Wildman–Crippen LogP) is 5.08. The molecule has 2 rings (SSSR count). The van der Waals surface area contributed by atoms with Gasteiger partial charge in [0.05, 0.1) is 12.1 Å². The van der Waals surface area contributed by atoms with Crippen LogP contribution >= 0.6 is 0 Å². The van der Waals surface area contributed by atoms with Gasteiger partial charge in [0, 0.05) is 0 Å². The molecule has 0 radical (unpaired) electrons. The summed E-state index contributed by atoms with van der Waals surface area (Å²) in [4.78, 5) is 17.8. The molecule has 2 aromatic rings. The van der Waals surface area contributed by atoms with Gasteiger partial charge < -0.3 is 0 Å². The van der Waals surface area contributed by atoms with Crippen molar-refractivity contribution in [2.24, 2.45) is 0 Å². The van der Waals surface area contributed by atoms with Crippen molar-refractivity contribution < 1.29 is 22.8 Å². The number of rotatable bonds is 7. The molecule has 6 heteroatoms. The molecule has 3 nitrogen and oxygen atoms in total. The molecule has 0 aromatic heterocycles. The molecule has 1 amide bonds. The van der Waals surface area contributed by atoms with E-state index in [1.54, 1.807) is 0 Å². The Morgan fingerprint density at radius 1 is 1.08 bits per heavy atom. The smallest absolute Gasteiger partial charge is 0.267 e. The van der Waals surface area contributed by atoms with Crippen LogP contribution in [0.1, 0.15) is 22.8 Å². The third kappa shape index (κ3) is 5.07. The summed E-state index contributed by atoms with van der Waals surface area (Å²) in [5.74, 6) is -0.507. The van der Waals surface area contributed by atoms with Gasteiger partial charge in [-0.3, -0.25) is 9.63 Å². The second-order valence-electron chi connectivity index (χ2n) is 5.45. The number of benzene rings is 2. The van der Waals surface area contributed by atoms with Gasteiger partial charge in [0.25, 0.3) is 5.91 Å². The first-order valence-electron chi connectivity index (χ1n) is 7.79. The fourth-order valence-electron chi connectivity index (χ4n) is 2.25. The minimum atomic E-state index is -4.41. The summed E-state index contributed by atoms with van der Waals surface area (Å²) in [5.41, 5.74) is 0.526. The van der Waals surface area contributed by atoms with Crippen LogP contribution in [0.15, 0.2) is 79.9 Å². The molecular formula is C20H18F3NO2. The van der Waals surface area contributed by atoms with E-state index in [1.165, 1.54) is 18.2 Å². The topological polar surface area (TPSA) is 29.5 Å². The Labute approximate surface area is 150 Å². The van der Waals surface area contributed by atoms with Gasteiger partial charge in [-0.2, -0.15) is 13.2 Å². The second kappa shape index (κ2) is 8.49. The Bertz CT molecular complexity index is 755. The highest BCUT2D eigenvalue weighted by molar-refractivity contribution is 5.86. The van der Waals surface area contributed by atoms with Crippen molar-refractivity contribution in [3.63, 3.8) is 0 Å². The lowest BCUT2D eigenvalue weighted by Gasteiger charge is -2.25. The zero-order valence-electron chi connectivity index (χ0n) is 13.9. The molecule has 0 spiro atoms. The quantitative estimate of drug-likeness (QED) is 0.391. The normalized spacial score (nSPS) is 12.3. The SMILES string of the molecule is C=CC(=O)N(Cc1ccc(C(F)(F)F)cc1)O[C@@H](C=C)c1ccccc1. The van der Waals surface area contributed by atoms with Crippen LogP contribution in [0, 0.1) is 0 Å². The van der Waals surface area contributed by atoms with E-state index < -0.39 is 23.8 Å². The molecule has 0 aliphatic heterocycles. The number of carbonyl (C=O) groups is 1. The number of carbonyl (C=O) groups excluding carboxylic acids is 1. The van der Waals surface area contributed by atoms with Gasteiger partial charge in [-0.05, 0) is 29.3 Å². The van der Waals surface area contributed by atoms with Crippen LogP contribution in [0.2, 0.25) is 0 Å². The van der Waals surface area contributed by atoms with Crippen molar-refractivity contribution in [3.05, 3.63) is 96.6 Å². The van der Waals surface area contributed by atoms with Gasteiger partial charge in [0.2, 0.25) is 0 Å². The predicted molar refractivity (Wildman–Crippen MR) is 92.7 cm³/mol. The van der Waals surface area contributed by atoms with E-state index in [0.717, 1.165) is 28.8 Å². The summed E-state index contributed by atoms with van der Waals surface area (Å²) in [6.45, 7) is 7.11. The molecule has 0 saturated heterocycles. The number of hydrogen-bond acceptors (Lipinski definition) is 2. The monoisotopic (exact) mass is 361 g/mol. The molecule has 0 N–H and O–H groups in total. The highest BCUT2D eigenvalue weighted by Gasteiger charge is 2.30. The van der Waals surface area contributed by atoms with E-state index in [1.807, 2.05) is 30.3 Å². The first kappa shape index (κ1) is 19.5. The summed E-state index contributed by atoms with van der Waals surface area (Å²) >= 11 is 0. The molecule has 0 saturated carbocycles. The standard InChI is InChI=1S/C20H18F3NO2/c1-3-18(16-8-6-5-7-9-16)26-24(19(25)4-2)14-15-10-12-17(13-11-15)20(21,22)23/h3-13,18H,1-2,14H2/t18-/m0/s1. The van der Waals surface area contributed by atoms with Crippen LogP contribution in [0.25, 0.3) is 0 Å². The van der Waals surface area contributed by atoms with Crippen molar-refractivity contribution in [3.8, 4) is 0 Å². The van der Waals surface area contributed by atoms with Crippen LogP contribution in [0.4, 0.5) is 13.2 Å². The van der Waals surface area contributed by atoms with Crippen LogP contribution in [0.5, 0.6) is 0 Å². The van der Waals surface area contributed by atoms with Gasteiger partial charge in [0.1, 0.15) is 6.10 Å². The highest BCUT2D eigenvalue weighted by atomic mass is 19.4. The lowest BCUT2D eigenvalue weighted by Crippen LogP contribution is -2.30. The van der Waals surface area contributed by atoms with Gasteiger partial charge in [-0.1, -0.05) is 55.1 Å². The van der Waals surface area contributed by atoms with E-state index in [4.69, 9.17) is 4.84 Å². The van der Waals surface area contributed by atoms with E-state index >= 15 is 0 Å². The van der Waals surface area contributed by atoms with Crippen LogP contribution in [0.3, 0.4) is 0 Å². The third-order valence-corrected chi connectivity index (χ3v) is 3.61. The average Bonchev–Trinajstić information content (AvgIpc) is 2.64. The lowest BCUT2D eigenvalue weighted by atomic mass is 10.1. The van der Waals surface area contributed by atoms with Crippen LogP contribution in [-0.2, 0) is 22.4 Å². The van der Waals surface area contributed by atoms with Gasteiger partial charge >= 0.3 is 6.18 Å². The molecule has 136 valence electrons. The van der Waals surface area contributed by atoms with E-state index in [2.05, 4.69) is 13.2 Å². The maximum absolute atomic E-state index is 12.7. The van der Waals surface area contributed by atoms with Crippen LogP contribution in [-0.4, -0.2) is 11.0 Å². The van der Waals surface area contributed by atoms with Crippen molar-refractivity contribution in [1.29, 1.82) is 0 Å². The fourth-order valence-corrected chi connectivity index (χ4v) is 2.25. The van der Waals surface area contributed by atoms with Crippen molar-refractivity contribution in [2.75, 3.05) is 0 Å². The Hall–Kier alpha value is -2.86. The van der Waals surface area contributed by atoms with Crippen molar-refractivity contribution >= 4 is 5.91 Å². The third-order valence-electron chi connectivity index (χ3n) is 3.61. The minimum absolute atomic E-state index is 0.0276. The first-order chi connectivity index (χ1) is 12.3. The van der Waals surface area contributed by atoms with Crippen molar-refractivity contribution in [2.45, 2.75) is 18.8 Å². The largest absolute Gasteiger partial charge is 0.416 e. The van der Waals surface area contributed by atoms with Gasteiger partial charge in [-0.25, -0.2) is 5.06 Å². The maximum Gasteiger partial charge on any atom is 0.416 e. The molecule has 2 aromatic carbocycles. The molecule has 0 bridgehead atoms. The lowest BCUT2D eigenvalue weighted by molar-refractivity contribution is -0.199. The molecule has 0 aliphatic rings. The van der Waals surface area contributed by atoms with Gasteiger partial charge in [-0.15, -0.1) is 6.58 Å². The van der Waals surface area contributed by atoms with E-state index in [0.29, 0.717) is 5.56 Å². The fraction of sp³-hybridized carbons (Fsp3) is 0.150. The molecule has 26 heavy (non-hydrogen) atoms. The Morgan fingerprint density at radius 3 is 2.19 bits per heavy atom. The summed E-state index contributed by atoms with van der Waals surface area (Å²) in [6.07, 6.45) is -2.39. The minimum Gasteiger partial charge on any atom is -0.267 e. The number of nitrogens with zero attached hydrogens (tertiary/aromatic N) is 1. The Morgan fingerprint density at radius 2 is 1.69 bits per heavy atom. The first-order valence-corrected chi connectivity index (χ1v) is 7.79. The number of alkyl halides is 3. The molecule has 0 fully saturated rings. The van der Waals surface area contributed by atoms with E-state index in [9.17, 15) is 18.0 Å². The number of hydrogen-bond donors (Lipinski definition) is 0. The average molecular weight is 361 g/mol. The number of hydroxylamine groups is 2. The maximum atomic E-state index is 12.7. The Kier molecular flexibility index (Phi) is 6.36. The zero-order valence-corrected chi connectivity index (χ0v) is 13.9. The number of halogens is 3. The number of amides is 1. The molecule has 0 heterocycles. The molecular weight excluding hydrogens is 343 g/mol.